The van der Waals surface area contributed by atoms with Crippen molar-refractivity contribution in [2.75, 3.05) is 0 Å². The van der Waals surface area contributed by atoms with E-state index in [1.165, 1.54) is 5.56 Å². The van der Waals surface area contributed by atoms with Crippen LogP contribution in [-0.2, 0) is 0 Å². The van der Waals surface area contributed by atoms with Crippen LogP contribution >= 0.6 is 15.9 Å². The monoisotopic (exact) mass is 258 g/mol. The summed E-state index contributed by atoms with van der Waals surface area (Å²) in [5.74, 6) is 0.636. The molecule has 0 N–H and O–H groups in total. The van der Waals surface area contributed by atoms with Crippen molar-refractivity contribution >= 4 is 15.9 Å². The van der Waals surface area contributed by atoms with Crippen molar-refractivity contribution in [1.29, 1.82) is 0 Å². The van der Waals surface area contributed by atoms with Gasteiger partial charge in [-0.2, -0.15) is 0 Å². The minimum absolute atomic E-state index is 0.168. The Morgan fingerprint density at radius 2 is 1.43 bits per heavy atom. The lowest BCUT2D eigenvalue weighted by atomic mass is 9.91. The first-order valence-corrected chi connectivity index (χ1v) is 5.71. The summed E-state index contributed by atoms with van der Waals surface area (Å²) in [7, 11) is 0. The summed E-state index contributed by atoms with van der Waals surface area (Å²) in [6.07, 6.45) is 0. The second kappa shape index (κ2) is 4.43. The van der Waals surface area contributed by atoms with E-state index in [2.05, 4.69) is 43.6 Å². The Morgan fingerprint density at radius 1 is 1.00 bits per heavy atom. The van der Waals surface area contributed by atoms with Gasteiger partial charge in [0.1, 0.15) is 5.82 Å². The van der Waals surface area contributed by atoms with E-state index >= 15 is 0 Å². The van der Waals surface area contributed by atoms with E-state index in [9.17, 15) is 4.39 Å². The molecule has 0 aliphatic carbocycles. The Hall–Kier alpha value is -0.370. The van der Waals surface area contributed by atoms with Crippen LogP contribution in [0.25, 0.3) is 0 Å². The molecule has 1 aromatic rings. The lowest BCUT2D eigenvalue weighted by Crippen LogP contribution is -2.00. The number of rotatable bonds is 2. The molecule has 0 saturated heterocycles. The first kappa shape index (κ1) is 11.7. The molecule has 0 aliphatic rings. The van der Waals surface area contributed by atoms with Crippen LogP contribution in [0.5, 0.6) is 0 Å². The van der Waals surface area contributed by atoms with Gasteiger partial charge in [-0.1, -0.05) is 27.7 Å². The summed E-state index contributed by atoms with van der Waals surface area (Å²) in [5, 5.41) is 0. The minimum atomic E-state index is -0.168. The highest BCUT2D eigenvalue weighted by Crippen LogP contribution is 2.30. The predicted molar refractivity (Wildman–Crippen MR) is 62.3 cm³/mol. The topological polar surface area (TPSA) is 0 Å². The normalized spacial score (nSPS) is 11.4. The zero-order valence-electron chi connectivity index (χ0n) is 9.07. The molecule has 1 rings (SSSR count). The molecular formula is C12H16BrF. The molecule has 0 saturated carbocycles. The Morgan fingerprint density at radius 3 is 1.86 bits per heavy atom. The quantitative estimate of drug-likeness (QED) is 0.713. The zero-order valence-corrected chi connectivity index (χ0v) is 10.7. The van der Waals surface area contributed by atoms with Gasteiger partial charge >= 0.3 is 0 Å². The van der Waals surface area contributed by atoms with E-state index in [4.69, 9.17) is 0 Å². The third-order valence-electron chi connectivity index (χ3n) is 2.37. The van der Waals surface area contributed by atoms with Gasteiger partial charge in [0, 0.05) is 0 Å². The molecule has 0 fully saturated rings. The minimum Gasteiger partial charge on any atom is -0.206 e. The molecule has 0 bridgehead atoms. The van der Waals surface area contributed by atoms with Crippen molar-refractivity contribution in [3.8, 4) is 0 Å². The van der Waals surface area contributed by atoms with Crippen molar-refractivity contribution < 1.29 is 4.39 Å². The summed E-state index contributed by atoms with van der Waals surface area (Å²) in [6.45, 7) is 8.44. The number of hydrogen-bond acceptors (Lipinski definition) is 0. The summed E-state index contributed by atoms with van der Waals surface area (Å²) in [6, 6.07) is 3.54. The summed E-state index contributed by atoms with van der Waals surface area (Å²) < 4.78 is 13.9. The average molecular weight is 259 g/mol. The highest BCUT2D eigenvalue weighted by atomic mass is 79.9. The molecule has 0 nitrogen and oxygen atoms in total. The van der Waals surface area contributed by atoms with Crippen molar-refractivity contribution in [2.45, 2.75) is 39.5 Å². The fourth-order valence-corrected chi connectivity index (χ4v) is 1.94. The number of halogens is 2. The highest BCUT2D eigenvalue weighted by Gasteiger charge is 2.13. The maximum atomic E-state index is 13.3. The van der Waals surface area contributed by atoms with Gasteiger partial charge in [-0.15, -0.1) is 0 Å². The molecule has 1 aromatic carbocycles. The van der Waals surface area contributed by atoms with E-state index in [0.717, 1.165) is 5.56 Å². The number of hydrogen-bond donors (Lipinski definition) is 0. The van der Waals surface area contributed by atoms with Crippen molar-refractivity contribution in [3.63, 3.8) is 0 Å². The maximum absolute atomic E-state index is 13.3. The molecule has 78 valence electrons. The third kappa shape index (κ3) is 2.35. The SMILES string of the molecule is CC(C)c1cc(F)c(Br)cc1C(C)C. The Kier molecular flexibility index (Phi) is 3.71. The molecule has 0 aromatic heterocycles. The van der Waals surface area contributed by atoms with E-state index in [1.807, 2.05) is 6.07 Å². The largest absolute Gasteiger partial charge is 0.206 e. The molecule has 14 heavy (non-hydrogen) atoms. The van der Waals surface area contributed by atoms with Gasteiger partial charge in [0.2, 0.25) is 0 Å². The van der Waals surface area contributed by atoms with Crippen LogP contribution in [0, 0.1) is 5.82 Å². The maximum Gasteiger partial charge on any atom is 0.137 e. The van der Waals surface area contributed by atoms with Crippen molar-refractivity contribution in [1.82, 2.24) is 0 Å². The predicted octanol–water partition coefficient (Wildman–Crippen LogP) is 4.84. The molecule has 0 amide bonds. The van der Waals surface area contributed by atoms with Gasteiger partial charge in [0.15, 0.2) is 0 Å². The fourth-order valence-electron chi connectivity index (χ4n) is 1.58. The van der Waals surface area contributed by atoms with Crippen LogP contribution in [-0.4, -0.2) is 0 Å². The molecule has 0 radical (unpaired) electrons. The Bertz CT molecular complexity index is 296. The van der Waals surface area contributed by atoms with Gasteiger partial charge in [-0.25, -0.2) is 4.39 Å². The lowest BCUT2D eigenvalue weighted by Gasteiger charge is -2.16. The number of benzene rings is 1. The second-order valence-electron chi connectivity index (χ2n) is 4.20. The molecule has 0 heterocycles. The van der Waals surface area contributed by atoms with Gasteiger partial charge in [-0.05, 0) is 51.0 Å². The summed E-state index contributed by atoms with van der Waals surface area (Å²) in [5.41, 5.74) is 2.34. The van der Waals surface area contributed by atoms with E-state index in [1.54, 1.807) is 6.07 Å². The smallest absolute Gasteiger partial charge is 0.137 e. The Balaban J connectivity index is 3.31. The van der Waals surface area contributed by atoms with E-state index < -0.39 is 0 Å². The van der Waals surface area contributed by atoms with E-state index in [0.29, 0.717) is 16.3 Å². The molecular weight excluding hydrogens is 243 g/mol. The summed E-state index contributed by atoms with van der Waals surface area (Å²) >= 11 is 3.22. The van der Waals surface area contributed by atoms with Crippen LogP contribution in [0.1, 0.15) is 50.7 Å². The van der Waals surface area contributed by atoms with Gasteiger partial charge in [0.25, 0.3) is 0 Å². The highest BCUT2D eigenvalue weighted by molar-refractivity contribution is 9.10. The second-order valence-corrected chi connectivity index (χ2v) is 5.06. The van der Waals surface area contributed by atoms with Crippen LogP contribution in [0.3, 0.4) is 0 Å². The van der Waals surface area contributed by atoms with Crippen LogP contribution < -0.4 is 0 Å². The third-order valence-corrected chi connectivity index (χ3v) is 2.98. The van der Waals surface area contributed by atoms with Gasteiger partial charge in [0.05, 0.1) is 4.47 Å². The fraction of sp³-hybridized carbons (Fsp3) is 0.500. The molecule has 2 heteroatoms. The first-order valence-electron chi connectivity index (χ1n) is 4.92. The van der Waals surface area contributed by atoms with Crippen LogP contribution in [0.4, 0.5) is 4.39 Å². The van der Waals surface area contributed by atoms with E-state index in [-0.39, 0.29) is 5.82 Å². The van der Waals surface area contributed by atoms with Crippen molar-refractivity contribution in [2.24, 2.45) is 0 Å². The molecule has 0 aliphatic heterocycles. The first-order chi connectivity index (χ1) is 6.43. The molecule has 0 atom stereocenters. The average Bonchev–Trinajstić information content (AvgIpc) is 2.08. The molecule has 0 spiro atoms. The molecule has 0 unspecified atom stereocenters. The zero-order chi connectivity index (χ0) is 10.9. The summed E-state index contributed by atoms with van der Waals surface area (Å²) in [4.78, 5) is 0. The lowest BCUT2D eigenvalue weighted by molar-refractivity contribution is 0.613. The van der Waals surface area contributed by atoms with Crippen LogP contribution in [0.15, 0.2) is 16.6 Å². The Labute approximate surface area is 93.7 Å². The standard InChI is InChI=1S/C12H16BrF/c1-7(2)9-5-11(13)12(14)6-10(9)8(3)4/h5-8H,1-4H3. The van der Waals surface area contributed by atoms with Gasteiger partial charge < -0.3 is 0 Å². The van der Waals surface area contributed by atoms with Gasteiger partial charge in [-0.3, -0.25) is 0 Å². The van der Waals surface area contributed by atoms with Crippen LogP contribution in [0.2, 0.25) is 0 Å². The van der Waals surface area contributed by atoms with Crippen molar-refractivity contribution in [3.05, 3.63) is 33.5 Å².